The smallest absolute Gasteiger partial charge is 0.107 e. The molecule has 96 valence electrons. The molecule has 0 bridgehead atoms. The average molecular weight is 263 g/mol. The Morgan fingerprint density at radius 3 is 2.83 bits per heavy atom. The topological polar surface area (TPSA) is 37.4 Å². The van der Waals surface area contributed by atoms with Crippen LogP contribution in [-0.2, 0) is 4.74 Å². The number of aromatic nitrogens is 1. The fourth-order valence-electron chi connectivity index (χ4n) is 2.36. The highest BCUT2D eigenvalue weighted by Gasteiger charge is 2.17. The fourth-order valence-corrected chi connectivity index (χ4v) is 3.34. The zero-order chi connectivity index (χ0) is 12.5. The molecule has 0 aliphatic carbocycles. The van der Waals surface area contributed by atoms with Crippen LogP contribution in [0.3, 0.4) is 0 Å². The van der Waals surface area contributed by atoms with E-state index in [-0.39, 0.29) is 0 Å². The van der Waals surface area contributed by atoms with Gasteiger partial charge in [-0.3, -0.25) is 0 Å². The monoisotopic (exact) mass is 263 g/mol. The van der Waals surface area contributed by atoms with Crippen LogP contribution in [0.2, 0.25) is 0 Å². The molecule has 5 heteroatoms. The Morgan fingerprint density at radius 1 is 1.33 bits per heavy atom. The van der Waals surface area contributed by atoms with Crippen LogP contribution in [0.5, 0.6) is 0 Å². The lowest BCUT2D eigenvalue weighted by atomic mass is 10.2. The quantitative estimate of drug-likeness (QED) is 0.903. The second kappa shape index (κ2) is 4.74. The van der Waals surface area contributed by atoms with Crippen molar-refractivity contribution in [2.24, 2.45) is 0 Å². The van der Waals surface area contributed by atoms with Crippen LogP contribution in [0.1, 0.15) is 5.01 Å². The van der Waals surface area contributed by atoms with Crippen LogP contribution < -0.4 is 10.2 Å². The van der Waals surface area contributed by atoms with E-state index < -0.39 is 0 Å². The van der Waals surface area contributed by atoms with E-state index in [9.17, 15) is 0 Å². The number of thiazole rings is 1. The van der Waals surface area contributed by atoms with Crippen molar-refractivity contribution in [2.75, 3.05) is 43.6 Å². The lowest BCUT2D eigenvalue weighted by Gasteiger charge is -2.29. The number of ether oxygens (including phenoxy) is 1. The number of nitrogens with zero attached hydrogens (tertiary/aromatic N) is 2. The number of hydrogen-bond donors (Lipinski definition) is 1. The summed E-state index contributed by atoms with van der Waals surface area (Å²) in [6.45, 7) is 5.61. The zero-order valence-corrected chi connectivity index (χ0v) is 11.5. The summed E-state index contributed by atoms with van der Waals surface area (Å²) in [7, 11) is 1.94. The molecule has 0 amide bonds. The molecule has 0 saturated carbocycles. The zero-order valence-electron chi connectivity index (χ0n) is 10.7. The standard InChI is InChI=1S/C13H17N3OS/c1-9-15-12-10(14-2)3-4-11(13(12)18-9)16-5-7-17-8-6-16/h3-4,14H,5-8H2,1-2H3. The van der Waals surface area contributed by atoms with E-state index >= 15 is 0 Å². The Kier molecular flexibility index (Phi) is 3.09. The van der Waals surface area contributed by atoms with Crippen molar-refractivity contribution < 1.29 is 4.74 Å². The van der Waals surface area contributed by atoms with Gasteiger partial charge in [-0.1, -0.05) is 0 Å². The van der Waals surface area contributed by atoms with Crippen molar-refractivity contribution in [1.82, 2.24) is 4.98 Å². The Balaban J connectivity index is 2.11. The molecule has 0 radical (unpaired) electrons. The summed E-state index contributed by atoms with van der Waals surface area (Å²) in [5.41, 5.74) is 3.48. The van der Waals surface area contributed by atoms with Gasteiger partial charge in [0.15, 0.2) is 0 Å². The molecule has 0 spiro atoms. The van der Waals surface area contributed by atoms with Crippen LogP contribution in [0.25, 0.3) is 10.2 Å². The summed E-state index contributed by atoms with van der Waals surface area (Å²) in [6.07, 6.45) is 0. The third kappa shape index (κ3) is 1.93. The first-order chi connectivity index (χ1) is 8.79. The minimum Gasteiger partial charge on any atom is -0.386 e. The van der Waals surface area contributed by atoms with E-state index in [2.05, 4.69) is 34.3 Å². The third-order valence-electron chi connectivity index (χ3n) is 3.25. The number of nitrogens with one attached hydrogen (secondary N) is 1. The normalized spacial score (nSPS) is 16.2. The molecule has 0 atom stereocenters. The average Bonchev–Trinajstić information content (AvgIpc) is 2.80. The number of anilines is 2. The van der Waals surface area contributed by atoms with Crippen molar-refractivity contribution in [3.8, 4) is 0 Å². The molecule has 1 fully saturated rings. The van der Waals surface area contributed by atoms with Crippen LogP contribution in [0, 0.1) is 6.92 Å². The van der Waals surface area contributed by atoms with Gasteiger partial charge in [0, 0.05) is 20.1 Å². The van der Waals surface area contributed by atoms with E-state index in [1.807, 2.05) is 7.05 Å². The highest BCUT2D eigenvalue weighted by molar-refractivity contribution is 7.19. The summed E-state index contributed by atoms with van der Waals surface area (Å²) < 4.78 is 6.70. The van der Waals surface area contributed by atoms with Gasteiger partial charge in [-0.05, 0) is 19.1 Å². The Labute approximate surface area is 111 Å². The minimum atomic E-state index is 0.813. The van der Waals surface area contributed by atoms with E-state index in [0.29, 0.717) is 0 Å². The van der Waals surface area contributed by atoms with Gasteiger partial charge in [0.2, 0.25) is 0 Å². The molecule has 4 nitrogen and oxygen atoms in total. The number of aryl methyl sites for hydroxylation is 1. The molecule has 1 N–H and O–H groups in total. The molecule has 3 rings (SSSR count). The Morgan fingerprint density at radius 2 is 2.11 bits per heavy atom. The summed E-state index contributed by atoms with van der Waals surface area (Å²) in [5.74, 6) is 0. The maximum Gasteiger partial charge on any atom is 0.107 e. The molecule has 1 aliphatic rings. The molecule has 2 aromatic rings. The van der Waals surface area contributed by atoms with Crippen molar-refractivity contribution >= 4 is 32.9 Å². The summed E-state index contributed by atoms with van der Waals surface area (Å²) in [6, 6.07) is 4.31. The van der Waals surface area contributed by atoms with Crippen molar-refractivity contribution in [1.29, 1.82) is 0 Å². The van der Waals surface area contributed by atoms with E-state index in [4.69, 9.17) is 4.74 Å². The first-order valence-corrected chi connectivity index (χ1v) is 7.02. The van der Waals surface area contributed by atoms with E-state index in [1.165, 1.54) is 10.4 Å². The van der Waals surface area contributed by atoms with Crippen molar-refractivity contribution in [2.45, 2.75) is 6.92 Å². The highest BCUT2D eigenvalue weighted by atomic mass is 32.1. The first-order valence-electron chi connectivity index (χ1n) is 6.20. The Hall–Kier alpha value is -1.33. The van der Waals surface area contributed by atoms with Gasteiger partial charge in [0.25, 0.3) is 0 Å². The molecule has 2 heterocycles. The lowest BCUT2D eigenvalue weighted by molar-refractivity contribution is 0.123. The highest BCUT2D eigenvalue weighted by Crippen LogP contribution is 2.36. The largest absolute Gasteiger partial charge is 0.386 e. The number of hydrogen-bond acceptors (Lipinski definition) is 5. The van der Waals surface area contributed by atoms with Gasteiger partial charge in [-0.25, -0.2) is 4.98 Å². The molecule has 1 saturated heterocycles. The molecular formula is C13H17N3OS. The summed E-state index contributed by atoms with van der Waals surface area (Å²) in [4.78, 5) is 7.03. The predicted octanol–water partition coefficient (Wildman–Crippen LogP) is 2.48. The van der Waals surface area contributed by atoms with Gasteiger partial charge in [-0.2, -0.15) is 0 Å². The van der Waals surface area contributed by atoms with Crippen LogP contribution in [0.15, 0.2) is 12.1 Å². The van der Waals surface area contributed by atoms with Crippen LogP contribution in [-0.4, -0.2) is 38.3 Å². The van der Waals surface area contributed by atoms with Gasteiger partial charge in [0.05, 0.1) is 34.3 Å². The second-order valence-electron chi connectivity index (χ2n) is 4.39. The van der Waals surface area contributed by atoms with Crippen molar-refractivity contribution in [3.63, 3.8) is 0 Å². The lowest BCUT2D eigenvalue weighted by Crippen LogP contribution is -2.36. The van der Waals surface area contributed by atoms with E-state index in [1.54, 1.807) is 11.3 Å². The fraction of sp³-hybridized carbons (Fsp3) is 0.462. The van der Waals surface area contributed by atoms with Gasteiger partial charge in [-0.15, -0.1) is 11.3 Å². The number of rotatable bonds is 2. The molecular weight excluding hydrogens is 246 g/mol. The first kappa shape index (κ1) is 11.7. The third-order valence-corrected chi connectivity index (χ3v) is 4.24. The number of benzene rings is 1. The molecule has 1 aromatic heterocycles. The SMILES string of the molecule is CNc1ccc(N2CCOCC2)c2sc(C)nc12. The van der Waals surface area contributed by atoms with Gasteiger partial charge in [0.1, 0.15) is 5.52 Å². The summed E-state index contributed by atoms with van der Waals surface area (Å²) >= 11 is 1.77. The van der Waals surface area contributed by atoms with E-state index in [0.717, 1.165) is 42.5 Å². The van der Waals surface area contributed by atoms with Crippen molar-refractivity contribution in [3.05, 3.63) is 17.1 Å². The predicted molar refractivity (Wildman–Crippen MR) is 76.9 cm³/mol. The maximum absolute atomic E-state index is 5.42. The number of morpholine rings is 1. The molecule has 1 aliphatic heterocycles. The van der Waals surface area contributed by atoms with Gasteiger partial charge < -0.3 is 15.0 Å². The summed E-state index contributed by atoms with van der Waals surface area (Å²) in [5, 5.41) is 4.33. The number of fused-ring (bicyclic) bond motifs is 1. The van der Waals surface area contributed by atoms with Crippen LogP contribution >= 0.6 is 11.3 Å². The van der Waals surface area contributed by atoms with Gasteiger partial charge >= 0.3 is 0 Å². The maximum atomic E-state index is 5.42. The molecule has 1 aromatic carbocycles. The minimum absolute atomic E-state index is 0.813. The van der Waals surface area contributed by atoms with Crippen LogP contribution in [0.4, 0.5) is 11.4 Å². The Bertz CT molecular complexity index is 561. The molecule has 0 unspecified atom stereocenters. The molecule has 18 heavy (non-hydrogen) atoms. The second-order valence-corrected chi connectivity index (χ2v) is 5.60.